The number of aromatic nitrogens is 3. The van der Waals surface area contributed by atoms with Crippen LogP contribution in [-0.4, -0.2) is 77.4 Å². The quantitative estimate of drug-likeness (QED) is 0.292. The number of likely N-dealkylation sites (tertiary alicyclic amines) is 1. The van der Waals surface area contributed by atoms with Crippen molar-refractivity contribution >= 4 is 28.4 Å². The lowest BCUT2D eigenvalue weighted by Crippen LogP contribution is -2.38. The molecule has 216 valence electrons. The van der Waals surface area contributed by atoms with Gasteiger partial charge in [-0.3, -0.25) is 9.78 Å². The lowest BCUT2D eigenvalue weighted by Gasteiger charge is -2.33. The standard InChI is InChI=1S/C31H32FN7O3/c1-31-5-6-38(25(31)14-37(4)15-31)27-21(12-35-24-10-18-19(26(24)27)8-17(32)9-23(18)33-2)16-7-20-28(40)22(30(41)42)13-39(34-3)29(20)36-11-16/h7-9,11-13,25,33-34H,5-6,10,14-15H2,1-4H3,(H,41,42). The van der Waals surface area contributed by atoms with Crippen molar-refractivity contribution in [2.75, 3.05) is 56.4 Å². The maximum absolute atomic E-state index is 15.0. The maximum atomic E-state index is 15.0. The summed E-state index contributed by atoms with van der Waals surface area (Å²) in [6.45, 7) is 5.06. The fourth-order valence-corrected chi connectivity index (χ4v) is 7.41. The predicted octanol–water partition coefficient (Wildman–Crippen LogP) is 3.61. The Bertz CT molecular complexity index is 1870. The van der Waals surface area contributed by atoms with Gasteiger partial charge in [0.25, 0.3) is 0 Å². The van der Waals surface area contributed by atoms with Gasteiger partial charge in [-0.15, -0.1) is 0 Å². The number of aromatic carboxylic acids is 1. The van der Waals surface area contributed by atoms with E-state index in [-0.39, 0.29) is 28.2 Å². The van der Waals surface area contributed by atoms with Crippen LogP contribution in [0.4, 0.5) is 15.8 Å². The topological polar surface area (TPSA) is 116 Å². The molecule has 3 N–H and O–H groups in total. The molecule has 2 saturated heterocycles. The predicted molar refractivity (Wildman–Crippen MR) is 161 cm³/mol. The van der Waals surface area contributed by atoms with Crippen LogP contribution in [0.25, 0.3) is 33.3 Å². The van der Waals surface area contributed by atoms with Gasteiger partial charge in [-0.05, 0) is 42.8 Å². The van der Waals surface area contributed by atoms with Crippen LogP contribution in [0.1, 0.15) is 35.0 Å². The van der Waals surface area contributed by atoms with Gasteiger partial charge in [0.2, 0.25) is 5.43 Å². The van der Waals surface area contributed by atoms with Crippen molar-refractivity contribution in [2.45, 2.75) is 25.8 Å². The van der Waals surface area contributed by atoms with E-state index in [9.17, 15) is 19.1 Å². The number of likely N-dealkylation sites (N-methyl/N-ethyl adjacent to an activating group) is 1. The Kier molecular flexibility index (Phi) is 5.81. The van der Waals surface area contributed by atoms with Crippen molar-refractivity contribution in [3.63, 3.8) is 0 Å². The third-order valence-electron chi connectivity index (χ3n) is 9.36. The SMILES string of the molecule is CNc1cc(F)cc2c1Cc1ncc(-c3cnc4c(c3)c(=O)c(C(=O)O)cn4NC)c(N3CCC4(C)CN(C)CC34)c1-2. The summed E-state index contributed by atoms with van der Waals surface area (Å²) in [5.41, 5.74) is 9.08. The minimum absolute atomic E-state index is 0.0974. The van der Waals surface area contributed by atoms with Gasteiger partial charge >= 0.3 is 5.97 Å². The Morgan fingerprint density at radius 1 is 1.17 bits per heavy atom. The largest absolute Gasteiger partial charge is 0.477 e. The van der Waals surface area contributed by atoms with Crippen LogP contribution in [0.2, 0.25) is 0 Å². The Balaban J connectivity index is 1.51. The summed E-state index contributed by atoms with van der Waals surface area (Å²) in [5, 5.41) is 13.0. The van der Waals surface area contributed by atoms with E-state index in [0.717, 1.165) is 65.4 Å². The molecular weight excluding hydrogens is 537 g/mol. The average Bonchev–Trinajstić information content (AvgIpc) is 3.59. The zero-order chi connectivity index (χ0) is 29.5. The number of rotatable bonds is 5. The fraction of sp³-hybridized carbons (Fsp3) is 0.355. The van der Waals surface area contributed by atoms with E-state index in [0.29, 0.717) is 17.6 Å². The number of anilines is 2. The van der Waals surface area contributed by atoms with Crippen molar-refractivity contribution in [3.05, 3.63) is 69.7 Å². The van der Waals surface area contributed by atoms with E-state index < -0.39 is 11.4 Å². The molecule has 0 radical (unpaired) electrons. The molecule has 2 fully saturated rings. The zero-order valence-electron chi connectivity index (χ0n) is 24.0. The maximum Gasteiger partial charge on any atom is 0.341 e. The molecule has 0 bridgehead atoms. The van der Waals surface area contributed by atoms with E-state index in [1.165, 1.54) is 16.9 Å². The van der Waals surface area contributed by atoms with E-state index in [1.807, 2.05) is 6.20 Å². The molecular formula is C31H32FN7O3. The van der Waals surface area contributed by atoms with Gasteiger partial charge in [0.15, 0.2) is 5.65 Å². The van der Waals surface area contributed by atoms with Crippen molar-refractivity contribution in [1.82, 2.24) is 19.5 Å². The second kappa shape index (κ2) is 9.25. The second-order valence-electron chi connectivity index (χ2n) is 11.9. The molecule has 3 aromatic heterocycles. The summed E-state index contributed by atoms with van der Waals surface area (Å²) in [4.78, 5) is 39.5. The summed E-state index contributed by atoms with van der Waals surface area (Å²) >= 11 is 0. The molecule has 1 aromatic carbocycles. The fourth-order valence-electron chi connectivity index (χ4n) is 7.41. The van der Waals surface area contributed by atoms with Crippen molar-refractivity contribution < 1.29 is 14.3 Å². The Morgan fingerprint density at radius 3 is 2.71 bits per heavy atom. The number of hydrogen-bond donors (Lipinski definition) is 3. The first-order valence-electron chi connectivity index (χ1n) is 14.1. The number of nitrogens with one attached hydrogen (secondary N) is 2. The molecule has 11 heteroatoms. The first kappa shape index (κ1) is 26.4. The van der Waals surface area contributed by atoms with Crippen molar-refractivity contribution in [2.24, 2.45) is 5.41 Å². The van der Waals surface area contributed by atoms with Gasteiger partial charge in [0, 0.05) is 92.6 Å². The monoisotopic (exact) mass is 569 g/mol. The van der Waals surface area contributed by atoms with Crippen LogP contribution in [-0.2, 0) is 6.42 Å². The minimum atomic E-state index is -1.31. The molecule has 1 aliphatic carbocycles. The van der Waals surface area contributed by atoms with Crippen LogP contribution in [0.5, 0.6) is 0 Å². The minimum Gasteiger partial charge on any atom is -0.477 e. The number of fused-ring (bicyclic) bond motifs is 5. The number of carboxylic acid groups (broad SMARTS) is 1. The molecule has 3 aliphatic rings. The lowest BCUT2D eigenvalue weighted by molar-refractivity contribution is 0.0695. The number of pyridine rings is 3. The number of carboxylic acids is 1. The first-order chi connectivity index (χ1) is 20.1. The molecule has 4 aromatic rings. The van der Waals surface area contributed by atoms with Crippen molar-refractivity contribution in [1.29, 1.82) is 0 Å². The number of carbonyl (C=O) groups is 1. The molecule has 42 heavy (non-hydrogen) atoms. The highest BCUT2D eigenvalue weighted by molar-refractivity contribution is 5.98. The summed E-state index contributed by atoms with van der Waals surface area (Å²) < 4.78 is 16.4. The van der Waals surface area contributed by atoms with E-state index in [4.69, 9.17) is 4.98 Å². The van der Waals surface area contributed by atoms with Gasteiger partial charge in [-0.25, -0.2) is 18.8 Å². The van der Waals surface area contributed by atoms with E-state index in [2.05, 4.69) is 39.5 Å². The average molecular weight is 570 g/mol. The lowest BCUT2D eigenvalue weighted by atomic mass is 9.85. The molecule has 10 nitrogen and oxygen atoms in total. The van der Waals surface area contributed by atoms with Crippen LogP contribution < -0.4 is 21.1 Å². The molecule has 2 atom stereocenters. The van der Waals surface area contributed by atoms with Gasteiger partial charge in [0.05, 0.1) is 16.8 Å². The Morgan fingerprint density at radius 2 is 1.98 bits per heavy atom. The number of halogens is 1. The summed E-state index contributed by atoms with van der Waals surface area (Å²) in [5.74, 6) is -1.63. The van der Waals surface area contributed by atoms with Crippen molar-refractivity contribution in [3.8, 4) is 22.3 Å². The normalized spacial score (nSPS) is 21.0. The third-order valence-corrected chi connectivity index (χ3v) is 9.36. The molecule has 7 rings (SSSR count). The first-order valence-corrected chi connectivity index (χ1v) is 14.1. The van der Waals surface area contributed by atoms with Gasteiger partial charge in [-0.2, -0.15) is 0 Å². The molecule has 0 spiro atoms. The Labute approximate surface area is 241 Å². The smallest absolute Gasteiger partial charge is 0.341 e. The highest BCUT2D eigenvalue weighted by atomic mass is 19.1. The second-order valence-corrected chi connectivity index (χ2v) is 11.9. The number of benzene rings is 1. The molecule has 5 heterocycles. The van der Waals surface area contributed by atoms with Crippen LogP contribution in [0, 0.1) is 11.2 Å². The highest BCUT2D eigenvalue weighted by Gasteiger charge is 2.50. The number of hydrogen-bond acceptors (Lipinski definition) is 8. The van der Waals surface area contributed by atoms with E-state index in [1.54, 1.807) is 32.4 Å². The summed E-state index contributed by atoms with van der Waals surface area (Å²) in [7, 11) is 5.57. The highest BCUT2D eigenvalue weighted by Crippen LogP contribution is 2.53. The van der Waals surface area contributed by atoms with Gasteiger partial charge in [-0.1, -0.05) is 6.92 Å². The molecule has 0 saturated carbocycles. The van der Waals surface area contributed by atoms with Crippen LogP contribution in [0.3, 0.4) is 0 Å². The third kappa shape index (κ3) is 3.72. The van der Waals surface area contributed by atoms with Crippen LogP contribution >= 0.6 is 0 Å². The molecule has 2 unspecified atom stereocenters. The Hall–Kier alpha value is -4.51. The van der Waals surface area contributed by atoms with Gasteiger partial charge < -0.3 is 25.6 Å². The van der Waals surface area contributed by atoms with Gasteiger partial charge in [0.1, 0.15) is 11.4 Å². The number of nitrogens with zero attached hydrogens (tertiary/aromatic N) is 5. The summed E-state index contributed by atoms with van der Waals surface area (Å²) in [6, 6.07) is 5.05. The van der Waals surface area contributed by atoms with E-state index >= 15 is 0 Å². The van der Waals surface area contributed by atoms with Crippen LogP contribution in [0.15, 0.2) is 41.6 Å². The summed E-state index contributed by atoms with van der Waals surface area (Å²) in [6.07, 6.45) is 6.36. The molecule has 2 aliphatic heterocycles. The molecule has 0 amide bonds. The zero-order valence-corrected chi connectivity index (χ0v) is 24.0.